The largest absolute Gasteiger partial charge is 0.506 e. The van der Waals surface area contributed by atoms with Gasteiger partial charge in [0.2, 0.25) is 5.88 Å². The monoisotopic (exact) mass is 676 g/mol. The van der Waals surface area contributed by atoms with E-state index in [9.17, 15) is 10.4 Å². The van der Waals surface area contributed by atoms with Gasteiger partial charge in [0.05, 0.1) is 21.4 Å². The van der Waals surface area contributed by atoms with Crippen LogP contribution in [0, 0.1) is 18.5 Å². The van der Waals surface area contributed by atoms with Crippen molar-refractivity contribution in [3.8, 4) is 45.8 Å². The molecule has 0 atom stereocenters. The van der Waals surface area contributed by atoms with Crippen LogP contribution in [0.4, 0.5) is 5.88 Å². The summed E-state index contributed by atoms with van der Waals surface area (Å²) in [6.45, 7) is 0. The van der Waals surface area contributed by atoms with Crippen LogP contribution in [0.15, 0.2) is 70.1 Å². The summed E-state index contributed by atoms with van der Waals surface area (Å²) in [5, 5.41) is 20.1. The minimum atomic E-state index is 0.206. The number of methoxy groups -OCH3 is 2. The van der Waals surface area contributed by atoms with Gasteiger partial charge in [0.15, 0.2) is 0 Å². The highest BCUT2D eigenvalue weighted by Gasteiger charge is 2.23. The Kier molecular flexibility index (Phi) is 7.43. The SMILES string of the molecule is COc1ccc(-c2oc(N=Cc3cc(I)c(O)c(I)c3)c(C#N)c2-c2ccc(OC)cc2)cc1. The molecule has 0 aliphatic rings. The van der Waals surface area contributed by atoms with Crippen LogP contribution in [0.25, 0.3) is 22.5 Å². The van der Waals surface area contributed by atoms with Crippen molar-refractivity contribution in [1.29, 1.82) is 5.26 Å². The first kappa shape index (κ1) is 24.1. The fourth-order valence-corrected chi connectivity index (χ4v) is 5.20. The molecular weight excluding hydrogens is 658 g/mol. The highest BCUT2D eigenvalue weighted by atomic mass is 127. The lowest BCUT2D eigenvalue weighted by molar-refractivity contribution is 0.414. The minimum absolute atomic E-state index is 0.206. The van der Waals surface area contributed by atoms with Crippen LogP contribution in [-0.2, 0) is 0 Å². The molecule has 0 bridgehead atoms. The van der Waals surface area contributed by atoms with Gasteiger partial charge >= 0.3 is 0 Å². The summed E-state index contributed by atoms with van der Waals surface area (Å²) in [4.78, 5) is 4.51. The van der Waals surface area contributed by atoms with Crippen molar-refractivity contribution in [3.05, 3.63) is 78.9 Å². The quantitative estimate of drug-likeness (QED) is 0.173. The topological polar surface area (TPSA) is 88.0 Å². The maximum Gasteiger partial charge on any atom is 0.238 e. The Bertz CT molecular complexity index is 1380. The van der Waals surface area contributed by atoms with Crippen LogP contribution in [0.5, 0.6) is 17.2 Å². The Morgan fingerprint density at radius 2 is 1.44 bits per heavy atom. The predicted octanol–water partition coefficient (Wildman–Crippen LogP) is 7.17. The molecule has 1 N–H and O–H groups in total. The Morgan fingerprint density at radius 3 is 1.94 bits per heavy atom. The number of rotatable bonds is 6. The van der Waals surface area contributed by atoms with E-state index in [-0.39, 0.29) is 11.6 Å². The summed E-state index contributed by atoms with van der Waals surface area (Å²) < 4.78 is 18.1. The molecule has 6 nitrogen and oxygen atoms in total. The predicted molar refractivity (Wildman–Crippen MR) is 148 cm³/mol. The van der Waals surface area contributed by atoms with Gasteiger partial charge in [-0.05, 0) is 105 Å². The van der Waals surface area contributed by atoms with Crippen LogP contribution in [-0.4, -0.2) is 25.5 Å². The van der Waals surface area contributed by atoms with E-state index in [1.807, 2.05) is 60.7 Å². The molecule has 4 rings (SSSR count). The Labute approximate surface area is 224 Å². The standard InChI is InChI=1S/C26H18I2N2O4/c1-32-18-7-3-16(4-8-18)23-20(13-29)26(30-14-15-11-21(27)24(31)22(28)12-15)34-25(23)17-5-9-19(33-2)10-6-17/h3-12,14,31H,1-2H3. The van der Waals surface area contributed by atoms with E-state index < -0.39 is 0 Å². The van der Waals surface area contributed by atoms with Crippen molar-refractivity contribution in [3.63, 3.8) is 0 Å². The maximum absolute atomic E-state index is 10.1. The smallest absolute Gasteiger partial charge is 0.238 e. The number of furan rings is 1. The number of hydrogen-bond donors (Lipinski definition) is 1. The second kappa shape index (κ2) is 10.5. The number of aromatic hydroxyl groups is 1. The Balaban J connectivity index is 1.87. The average molecular weight is 676 g/mol. The van der Waals surface area contributed by atoms with Crippen molar-refractivity contribution < 1.29 is 19.0 Å². The normalized spacial score (nSPS) is 10.9. The van der Waals surface area contributed by atoms with Gasteiger partial charge in [0.1, 0.15) is 34.6 Å². The number of nitriles is 1. The third kappa shape index (κ3) is 4.90. The van der Waals surface area contributed by atoms with Gasteiger partial charge in [-0.1, -0.05) is 12.1 Å². The van der Waals surface area contributed by atoms with Crippen LogP contribution in [0.3, 0.4) is 0 Å². The Morgan fingerprint density at radius 1 is 0.912 bits per heavy atom. The average Bonchev–Trinajstić information content (AvgIpc) is 3.24. The van der Waals surface area contributed by atoms with E-state index in [0.717, 1.165) is 22.4 Å². The zero-order valence-corrected chi connectivity index (χ0v) is 22.5. The highest BCUT2D eigenvalue weighted by molar-refractivity contribution is 14.1. The molecule has 0 amide bonds. The minimum Gasteiger partial charge on any atom is -0.506 e. The van der Waals surface area contributed by atoms with Gasteiger partial charge in [-0.3, -0.25) is 0 Å². The molecule has 0 aliphatic heterocycles. The molecule has 34 heavy (non-hydrogen) atoms. The van der Waals surface area contributed by atoms with E-state index in [4.69, 9.17) is 13.9 Å². The number of ether oxygens (including phenoxy) is 2. The number of halogens is 2. The first-order valence-electron chi connectivity index (χ1n) is 10.0. The molecule has 8 heteroatoms. The number of phenols is 1. The first-order chi connectivity index (χ1) is 16.4. The molecular formula is C26H18I2N2O4. The molecule has 3 aromatic carbocycles. The van der Waals surface area contributed by atoms with Crippen molar-refractivity contribution in [1.82, 2.24) is 0 Å². The van der Waals surface area contributed by atoms with Gasteiger partial charge < -0.3 is 19.0 Å². The number of nitrogens with zero attached hydrogens (tertiary/aromatic N) is 2. The Hall–Kier alpha value is -3.04. The van der Waals surface area contributed by atoms with Crippen LogP contribution < -0.4 is 9.47 Å². The lowest BCUT2D eigenvalue weighted by Crippen LogP contribution is -1.87. The molecule has 0 unspecified atom stereocenters. The van der Waals surface area contributed by atoms with Crippen LogP contribution >= 0.6 is 45.2 Å². The van der Waals surface area contributed by atoms with E-state index in [1.165, 1.54) is 0 Å². The highest BCUT2D eigenvalue weighted by Crippen LogP contribution is 2.43. The van der Waals surface area contributed by atoms with Crippen molar-refractivity contribution >= 4 is 57.3 Å². The fourth-order valence-electron chi connectivity index (χ4n) is 3.39. The molecule has 170 valence electrons. The van der Waals surface area contributed by atoms with E-state index in [0.29, 0.717) is 29.8 Å². The summed E-state index contributed by atoms with van der Waals surface area (Å²) in [6.07, 6.45) is 1.62. The van der Waals surface area contributed by atoms with Crippen molar-refractivity contribution in [2.75, 3.05) is 14.2 Å². The summed E-state index contributed by atoms with van der Waals surface area (Å²) in [5.41, 5.74) is 3.36. The third-order valence-corrected chi connectivity index (χ3v) is 6.75. The molecule has 0 radical (unpaired) electrons. The molecule has 0 saturated heterocycles. The zero-order valence-electron chi connectivity index (χ0n) is 18.2. The maximum atomic E-state index is 10.1. The molecule has 4 aromatic rings. The molecule has 0 saturated carbocycles. The van der Waals surface area contributed by atoms with E-state index in [2.05, 4.69) is 56.2 Å². The molecule has 0 spiro atoms. The van der Waals surface area contributed by atoms with Gasteiger partial charge in [-0.25, -0.2) is 4.99 Å². The lowest BCUT2D eigenvalue weighted by atomic mass is 9.98. The number of phenolic OH excluding ortho intramolecular Hbond substituents is 1. The molecule has 0 aliphatic carbocycles. The third-order valence-electron chi connectivity index (χ3n) is 5.10. The molecule has 1 heterocycles. The summed E-state index contributed by atoms with van der Waals surface area (Å²) in [6, 6.07) is 20.8. The molecule has 0 fully saturated rings. The van der Waals surface area contributed by atoms with Crippen molar-refractivity contribution in [2.24, 2.45) is 4.99 Å². The van der Waals surface area contributed by atoms with Gasteiger partial charge in [-0.2, -0.15) is 5.26 Å². The number of hydrogen-bond acceptors (Lipinski definition) is 6. The van der Waals surface area contributed by atoms with Crippen LogP contribution in [0.1, 0.15) is 11.1 Å². The molecule has 1 aromatic heterocycles. The van der Waals surface area contributed by atoms with Gasteiger partial charge in [0.25, 0.3) is 0 Å². The van der Waals surface area contributed by atoms with Crippen molar-refractivity contribution in [2.45, 2.75) is 0 Å². The number of benzene rings is 3. The zero-order chi connectivity index (χ0) is 24.2. The van der Waals surface area contributed by atoms with Crippen LogP contribution in [0.2, 0.25) is 0 Å². The second-order valence-electron chi connectivity index (χ2n) is 7.15. The van der Waals surface area contributed by atoms with E-state index in [1.54, 1.807) is 20.4 Å². The lowest BCUT2D eigenvalue weighted by Gasteiger charge is -2.06. The summed E-state index contributed by atoms with van der Waals surface area (Å²) in [5.74, 6) is 2.41. The second-order valence-corrected chi connectivity index (χ2v) is 9.47. The van der Waals surface area contributed by atoms with Gasteiger partial charge in [0, 0.05) is 17.3 Å². The van der Waals surface area contributed by atoms with E-state index >= 15 is 0 Å². The summed E-state index contributed by atoms with van der Waals surface area (Å²) >= 11 is 4.14. The first-order valence-corrected chi connectivity index (χ1v) is 12.2. The number of aliphatic imine (C=N–C) groups is 1. The van der Waals surface area contributed by atoms with Gasteiger partial charge in [-0.15, -0.1) is 0 Å². The fraction of sp³-hybridized carbons (Fsp3) is 0.0769. The summed E-state index contributed by atoms with van der Waals surface area (Å²) in [7, 11) is 3.21.